The zero-order chi connectivity index (χ0) is 20.3. The summed E-state index contributed by atoms with van der Waals surface area (Å²) >= 11 is 5.53. The summed E-state index contributed by atoms with van der Waals surface area (Å²) in [5.74, 6) is 0. The summed E-state index contributed by atoms with van der Waals surface area (Å²) in [5.41, 5.74) is 6.39. The number of nitrogens with zero attached hydrogens (tertiary/aromatic N) is 4. The van der Waals surface area contributed by atoms with Crippen LogP contribution in [0.4, 0.5) is 5.69 Å². The molecular weight excluding hydrogens is 368 g/mol. The van der Waals surface area contributed by atoms with Crippen molar-refractivity contribution in [3.8, 4) is 0 Å². The van der Waals surface area contributed by atoms with E-state index in [-0.39, 0.29) is 6.04 Å². The topological polar surface area (TPSA) is 59.7 Å². The van der Waals surface area contributed by atoms with Crippen molar-refractivity contribution in [1.29, 1.82) is 0 Å². The van der Waals surface area contributed by atoms with E-state index in [2.05, 4.69) is 72.8 Å². The van der Waals surface area contributed by atoms with Gasteiger partial charge in [0.25, 0.3) is 0 Å². The van der Waals surface area contributed by atoms with E-state index in [1.54, 1.807) is 0 Å². The van der Waals surface area contributed by atoms with Crippen LogP contribution in [0.25, 0.3) is 0 Å². The lowest BCUT2D eigenvalue weighted by Crippen LogP contribution is -2.31. The Bertz CT molecular complexity index is 954. The Hall–Kier alpha value is -2.67. The highest BCUT2D eigenvalue weighted by Crippen LogP contribution is 2.21. The third-order valence-electron chi connectivity index (χ3n) is 4.85. The lowest BCUT2D eigenvalue weighted by atomic mass is 10.1. The van der Waals surface area contributed by atoms with Gasteiger partial charge in [0.05, 0.1) is 35.4 Å². The minimum absolute atomic E-state index is 0.0241. The summed E-state index contributed by atoms with van der Waals surface area (Å²) in [6.07, 6.45) is 1.98. The molecule has 0 fully saturated rings. The number of hydrogen-bond donors (Lipinski definition) is 2. The molecule has 7 heteroatoms. The number of anilines is 1. The molecule has 0 saturated carbocycles. The minimum Gasteiger partial charge on any atom is -0.354 e. The van der Waals surface area contributed by atoms with Gasteiger partial charge in [0.1, 0.15) is 0 Å². The summed E-state index contributed by atoms with van der Waals surface area (Å²) in [6.45, 7) is 11.9. The first kappa shape index (κ1) is 20.1. The number of aromatic nitrogens is 4. The van der Waals surface area contributed by atoms with Gasteiger partial charge in [0.2, 0.25) is 0 Å². The van der Waals surface area contributed by atoms with Gasteiger partial charge >= 0.3 is 0 Å². The summed E-state index contributed by atoms with van der Waals surface area (Å²) in [5, 5.41) is 16.4. The third kappa shape index (κ3) is 4.59. The van der Waals surface area contributed by atoms with Gasteiger partial charge in [-0.15, -0.1) is 0 Å². The normalized spacial score (nSPS) is 12.0. The van der Waals surface area contributed by atoms with Crippen LogP contribution in [0, 0.1) is 20.8 Å². The summed E-state index contributed by atoms with van der Waals surface area (Å²) < 4.78 is 3.92. The molecule has 6 nitrogen and oxygen atoms in total. The second kappa shape index (κ2) is 8.56. The van der Waals surface area contributed by atoms with E-state index in [0.717, 1.165) is 35.9 Å². The summed E-state index contributed by atoms with van der Waals surface area (Å²) in [4.78, 5) is 0. The Morgan fingerprint density at radius 2 is 1.82 bits per heavy atom. The van der Waals surface area contributed by atoms with Crippen LogP contribution >= 0.6 is 12.2 Å². The molecule has 1 aromatic carbocycles. The van der Waals surface area contributed by atoms with Gasteiger partial charge in [-0.25, -0.2) is 0 Å². The van der Waals surface area contributed by atoms with E-state index in [1.165, 1.54) is 11.1 Å². The number of hydrogen-bond acceptors (Lipinski definition) is 3. The average molecular weight is 397 g/mol. The lowest BCUT2D eigenvalue weighted by molar-refractivity contribution is 0.613. The van der Waals surface area contributed by atoms with Gasteiger partial charge in [-0.2, -0.15) is 10.2 Å². The molecule has 28 heavy (non-hydrogen) atoms. The average Bonchev–Trinajstić information content (AvgIpc) is 3.24. The van der Waals surface area contributed by atoms with Crippen LogP contribution in [-0.2, 0) is 13.1 Å². The van der Waals surface area contributed by atoms with E-state index in [1.807, 2.05) is 28.6 Å². The zero-order valence-corrected chi connectivity index (χ0v) is 18.0. The maximum absolute atomic E-state index is 5.53. The van der Waals surface area contributed by atoms with Gasteiger partial charge in [0, 0.05) is 12.7 Å². The molecular formula is C21H28N6S. The molecule has 2 N–H and O–H groups in total. The molecule has 148 valence electrons. The maximum Gasteiger partial charge on any atom is 0.171 e. The van der Waals surface area contributed by atoms with Crippen LogP contribution in [0.15, 0.2) is 36.5 Å². The van der Waals surface area contributed by atoms with Crippen molar-refractivity contribution in [2.45, 2.75) is 53.8 Å². The molecule has 3 rings (SSSR count). The first-order chi connectivity index (χ1) is 13.4. The van der Waals surface area contributed by atoms with Gasteiger partial charge in [0.15, 0.2) is 5.11 Å². The van der Waals surface area contributed by atoms with Crippen molar-refractivity contribution in [2.75, 3.05) is 5.32 Å². The minimum atomic E-state index is 0.0241. The quantitative estimate of drug-likeness (QED) is 0.614. The number of thiocarbonyl (C=S) groups is 1. The van der Waals surface area contributed by atoms with Crippen molar-refractivity contribution < 1.29 is 0 Å². The van der Waals surface area contributed by atoms with Crippen molar-refractivity contribution >= 4 is 23.0 Å². The number of aryl methyl sites for hydroxylation is 3. The fraction of sp³-hybridized carbons (Fsp3) is 0.381. The van der Waals surface area contributed by atoms with Crippen LogP contribution in [0.1, 0.15) is 48.1 Å². The van der Waals surface area contributed by atoms with Crippen molar-refractivity contribution in [2.24, 2.45) is 0 Å². The molecule has 1 atom stereocenters. The molecule has 0 aliphatic carbocycles. The van der Waals surface area contributed by atoms with Crippen molar-refractivity contribution in [3.63, 3.8) is 0 Å². The van der Waals surface area contributed by atoms with E-state index in [4.69, 9.17) is 12.2 Å². The van der Waals surface area contributed by atoms with Crippen LogP contribution < -0.4 is 10.6 Å². The molecule has 1 unspecified atom stereocenters. The first-order valence-corrected chi connectivity index (χ1v) is 9.98. The second-order valence-corrected chi connectivity index (χ2v) is 7.51. The Kier molecular flexibility index (Phi) is 6.14. The summed E-state index contributed by atoms with van der Waals surface area (Å²) in [6, 6.07) is 10.6. The molecule has 0 aliphatic rings. The first-order valence-electron chi connectivity index (χ1n) is 9.57. The lowest BCUT2D eigenvalue weighted by Gasteiger charge is -2.15. The standard InChI is InChI=1S/C21H28N6S/c1-6-26-12-11-19(25-26)15(3)22-21(28)23-20-16(4)24-27(17(20)5)13-18-9-7-14(2)8-10-18/h7-12,15H,6,13H2,1-5H3,(H2,22,23,28). The fourth-order valence-corrected chi connectivity index (χ4v) is 3.38. The highest BCUT2D eigenvalue weighted by molar-refractivity contribution is 7.80. The molecule has 0 amide bonds. The molecule has 0 bridgehead atoms. The smallest absolute Gasteiger partial charge is 0.171 e. The Morgan fingerprint density at radius 3 is 2.46 bits per heavy atom. The van der Waals surface area contributed by atoms with Gasteiger partial charge in [-0.3, -0.25) is 9.36 Å². The van der Waals surface area contributed by atoms with Crippen molar-refractivity contribution in [1.82, 2.24) is 24.9 Å². The van der Waals surface area contributed by atoms with E-state index < -0.39 is 0 Å². The van der Waals surface area contributed by atoms with E-state index in [0.29, 0.717) is 5.11 Å². The van der Waals surface area contributed by atoms with E-state index >= 15 is 0 Å². The molecule has 3 aromatic rings. The Morgan fingerprint density at radius 1 is 1.11 bits per heavy atom. The zero-order valence-electron chi connectivity index (χ0n) is 17.2. The highest BCUT2D eigenvalue weighted by atomic mass is 32.1. The van der Waals surface area contributed by atoms with Crippen LogP contribution in [-0.4, -0.2) is 24.7 Å². The van der Waals surface area contributed by atoms with E-state index in [9.17, 15) is 0 Å². The molecule has 0 saturated heterocycles. The highest BCUT2D eigenvalue weighted by Gasteiger charge is 2.15. The third-order valence-corrected chi connectivity index (χ3v) is 5.07. The predicted molar refractivity (Wildman–Crippen MR) is 118 cm³/mol. The number of nitrogens with one attached hydrogen (secondary N) is 2. The van der Waals surface area contributed by atoms with Crippen LogP contribution in [0.3, 0.4) is 0 Å². The van der Waals surface area contributed by atoms with Crippen LogP contribution in [0.2, 0.25) is 0 Å². The predicted octanol–water partition coefficient (Wildman–Crippen LogP) is 4.12. The molecule has 0 radical (unpaired) electrons. The van der Waals surface area contributed by atoms with Crippen molar-refractivity contribution in [3.05, 3.63) is 64.7 Å². The summed E-state index contributed by atoms with van der Waals surface area (Å²) in [7, 11) is 0. The maximum atomic E-state index is 5.53. The Balaban J connectivity index is 1.67. The molecule has 2 heterocycles. The van der Waals surface area contributed by atoms with Gasteiger partial charge in [-0.05, 0) is 58.5 Å². The van der Waals surface area contributed by atoms with Gasteiger partial charge < -0.3 is 10.6 Å². The number of benzene rings is 1. The largest absolute Gasteiger partial charge is 0.354 e. The number of rotatable bonds is 6. The Labute approximate surface area is 172 Å². The molecule has 2 aromatic heterocycles. The van der Waals surface area contributed by atoms with Gasteiger partial charge in [-0.1, -0.05) is 29.8 Å². The molecule has 0 aliphatic heterocycles. The fourth-order valence-electron chi connectivity index (χ4n) is 3.10. The molecule has 0 spiro atoms. The van der Waals surface area contributed by atoms with Crippen LogP contribution in [0.5, 0.6) is 0 Å². The monoisotopic (exact) mass is 396 g/mol. The SMILES string of the molecule is CCn1ccc(C(C)NC(=S)Nc2c(C)nn(Cc3ccc(C)cc3)c2C)n1. The second-order valence-electron chi connectivity index (χ2n) is 7.11.